The lowest BCUT2D eigenvalue weighted by atomic mass is 9.99. The van der Waals surface area contributed by atoms with E-state index in [1.54, 1.807) is 42.5 Å². The Morgan fingerprint density at radius 2 is 1.95 bits per heavy atom. The Kier molecular flexibility index (Phi) is 2.56. The number of nitrogens with one attached hydrogen (secondary N) is 1. The minimum Gasteiger partial charge on any atom is -0.398 e. The van der Waals surface area contributed by atoms with Crippen LogP contribution in [0.2, 0.25) is 0 Å². The van der Waals surface area contributed by atoms with Crippen LogP contribution in [0.5, 0.6) is 0 Å². The summed E-state index contributed by atoms with van der Waals surface area (Å²) in [4.78, 5) is 23.7. The van der Waals surface area contributed by atoms with Crippen molar-refractivity contribution in [3.63, 3.8) is 0 Å². The zero-order chi connectivity index (χ0) is 13.4. The van der Waals surface area contributed by atoms with Gasteiger partial charge in [-0.15, -0.1) is 0 Å². The van der Waals surface area contributed by atoms with Gasteiger partial charge < -0.3 is 11.1 Å². The normalized spacial score (nSPS) is 12.9. The number of hydrogen-bond donors (Lipinski definition) is 2. The molecule has 4 heteroatoms. The van der Waals surface area contributed by atoms with Crippen LogP contribution in [-0.2, 0) is 11.2 Å². The number of nitrogen functional groups attached to an aromatic ring is 1. The fraction of sp³-hybridized carbons (Fsp3) is 0.0667. The van der Waals surface area contributed by atoms with Crippen LogP contribution in [0.15, 0.2) is 42.5 Å². The van der Waals surface area contributed by atoms with Crippen LogP contribution in [0, 0.1) is 0 Å². The molecule has 0 fully saturated rings. The number of nitrogens with two attached hydrogens (primary N) is 1. The van der Waals surface area contributed by atoms with E-state index in [1.165, 1.54) is 0 Å². The number of carbonyl (C=O) groups is 2. The first-order valence-corrected chi connectivity index (χ1v) is 5.97. The summed E-state index contributed by atoms with van der Waals surface area (Å²) in [6, 6.07) is 12.2. The fourth-order valence-electron chi connectivity index (χ4n) is 2.23. The van der Waals surface area contributed by atoms with Crippen LogP contribution >= 0.6 is 0 Å². The van der Waals surface area contributed by atoms with Crippen LogP contribution < -0.4 is 11.1 Å². The first-order chi connectivity index (χ1) is 9.15. The summed E-state index contributed by atoms with van der Waals surface area (Å²) in [5.74, 6) is -0.168. The monoisotopic (exact) mass is 252 g/mol. The number of rotatable bonds is 2. The fourth-order valence-corrected chi connectivity index (χ4v) is 2.23. The molecule has 0 atom stereocenters. The van der Waals surface area contributed by atoms with Crippen molar-refractivity contribution in [2.45, 2.75) is 6.42 Å². The summed E-state index contributed by atoms with van der Waals surface area (Å²) in [6.07, 6.45) is 0.320. The van der Waals surface area contributed by atoms with Crippen molar-refractivity contribution in [1.82, 2.24) is 0 Å². The standard InChI is InChI=1S/C15H12N2O2/c16-12-4-2-1-3-11(12)15(19)9-5-6-13-10(7-9)8-14(18)17-13/h1-7H,8,16H2,(H,17,18). The van der Waals surface area contributed by atoms with Crippen molar-refractivity contribution in [2.75, 3.05) is 11.1 Å². The van der Waals surface area contributed by atoms with E-state index in [9.17, 15) is 9.59 Å². The Bertz CT molecular complexity index is 692. The van der Waals surface area contributed by atoms with E-state index >= 15 is 0 Å². The van der Waals surface area contributed by atoms with Gasteiger partial charge in [-0.1, -0.05) is 12.1 Å². The molecule has 19 heavy (non-hydrogen) atoms. The number of ketones is 1. The second kappa shape index (κ2) is 4.24. The molecule has 4 nitrogen and oxygen atoms in total. The van der Waals surface area contributed by atoms with Crippen LogP contribution in [0.4, 0.5) is 11.4 Å². The quantitative estimate of drug-likeness (QED) is 0.634. The number of anilines is 2. The van der Waals surface area contributed by atoms with Gasteiger partial charge in [0.05, 0.1) is 6.42 Å². The molecule has 3 N–H and O–H groups in total. The number of amides is 1. The van der Waals surface area contributed by atoms with Gasteiger partial charge in [0, 0.05) is 22.5 Å². The maximum atomic E-state index is 12.4. The molecular weight excluding hydrogens is 240 g/mol. The lowest BCUT2D eigenvalue weighted by Gasteiger charge is -2.06. The van der Waals surface area contributed by atoms with Crippen molar-refractivity contribution < 1.29 is 9.59 Å². The van der Waals surface area contributed by atoms with Crippen LogP contribution in [0.25, 0.3) is 0 Å². The van der Waals surface area contributed by atoms with E-state index < -0.39 is 0 Å². The van der Waals surface area contributed by atoms with E-state index in [2.05, 4.69) is 5.32 Å². The number of fused-ring (bicyclic) bond motifs is 1. The molecule has 3 rings (SSSR count). The summed E-state index contributed by atoms with van der Waals surface area (Å²) < 4.78 is 0. The molecule has 2 aromatic carbocycles. The van der Waals surface area contributed by atoms with Gasteiger partial charge in [-0.25, -0.2) is 0 Å². The first-order valence-electron chi connectivity index (χ1n) is 5.97. The molecule has 0 aliphatic carbocycles. The van der Waals surface area contributed by atoms with Gasteiger partial charge in [0.25, 0.3) is 0 Å². The highest BCUT2D eigenvalue weighted by atomic mass is 16.1. The molecule has 0 radical (unpaired) electrons. The Labute approximate surface area is 110 Å². The molecular formula is C15H12N2O2. The van der Waals surface area contributed by atoms with Crippen LogP contribution in [0.3, 0.4) is 0 Å². The number of hydrogen-bond acceptors (Lipinski definition) is 3. The van der Waals surface area contributed by atoms with Crippen molar-refractivity contribution in [3.05, 3.63) is 59.2 Å². The van der Waals surface area contributed by atoms with Gasteiger partial charge in [-0.3, -0.25) is 9.59 Å². The average Bonchev–Trinajstić information content (AvgIpc) is 2.77. The third-order valence-electron chi connectivity index (χ3n) is 3.20. The first kappa shape index (κ1) is 11.5. The van der Waals surface area contributed by atoms with E-state index in [4.69, 9.17) is 5.73 Å². The van der Waals surface area contributed by atoms with Gasteiger partial charge in [0.1, 0.15) is 0 Å². The van der Waals surface area contributed by atoms with E-state index in [0.29, 0.717) is 23.2 Å². The molecule has 0 unspecified atom stereocenters. The third-order valence-corrected chi connectivity index (χ3v) is 3.20. The van der Waals surface area contributed by atoms with Crippen molar-refractivity contribution in [3.8, 4) is 0 Å². The van der Waals surface area contributed by atoms with E-state index in [0.717, 1.165) is 11.3 Å². The molecule has 2 aromatic rings. The second-order valence-electron chi connectivity index (χ2n) is 4.51. The molecule has 1 aliphatic heterocycles. The highest BCUT2D eigenvalue weighted by molar-refractivity contribution is 6.13. The smallest absolute Gasteiger partial charge is 0.228 e. The average molecular weight is 252 g/mol. The molecule has 94 valence electrons. The number of benzene rings is 2. The summed E-state index contributed by atoms with van der Waals surface area (Å²) in [6.45, 7) is 0. The minimum absolute atomic E-state index is 0.0428. The van der Waals surface area contributed by atoms with Crippen LogP contribution in [0.1, 0.15) is 21.5 Å². The predicted molar refractivity (Wildman–Crippen MR) is 73.1 cm³/mol. The largest absolute Gasteiger partial charge is 0.398 e. The van der Waals surface area contributed by atoms with E-state index in [-0.39, 0.29) is 11.7 Å². The molecule has 1 heterocycles. The minimum atomic E-state index is -0.125. The zero-order valence-corrected chi connectivity index (χ0v) is 10.1. The Morgan fingerprint density at radius 1 is 1.16 bits per heavy atom. The Morgan fingerprint density at radius 3 is 2.74 bits per heavy atom. The Hall–Kier alpha value is -2.62. The predicted octanol–water partition coefficient (Wildman–Crippen LogP) is 1.99. The van der Waals surface area contributed by atoms with Crippen LogP contribution in [-0.4, -0.2) is 11.7 Å². The van der Waals surface area contributed by atoms with Gasteiger partial charge in [-0.05, 0) is 35.9 Å². The van der Waals surface area contributed by atoms with Gasteiger partial charge in [-0.2, -0.15) is 0 Å². The van der Waals surface area contributed by atoms with Crippen molar-refractivity contribution >= 4 is 23.1 Å². The lowest BCUT2D eigenvalue weighted by molar-refractivity contribution is -0.115. The highest BCUT2D eigenvalue weighted by Crippen LogP contribution is 2.25. The van der Waals surface area contributed by atoms with Crippen molar-refractivity contribution in [1.29, 1.82) is 0 Å². The third kappa shape index (κ3) is 1.97. The maximum absolute atomic E-state index is 12.4. The summed E-state index contributed by atoms with van der Waals surface area (Å²) in [5.41, 5.74) is 8.93. The van der Waals surface area contributed by atoms with Crippen molar-refractivity contribution in [2.24, 2.45) is 0 Å². The molecule has 0 spiro atoms. The number of para-hydroxylation sites is 1. The highest BCUT2D eigenvalue weighted by Gasteiger charge is 2.20. The molecule has 0 saturated heterocycles. The molecule has 0 bridgehead atoms. The lowest BCUT2D eigenvalue weighted by Crippen LogP contribution is -2.05. The van der Waals surface area contributed by atoms with Gasteiger partial charge in [0.2, 0.25) is 5.91 Å². The summed E-state index contributed by atoms with van der Waals surface area (Å²) in [5, 5.41) is 2.74. The number of carbonyl (C=O) groups excluding carboxylic acids is 2. The van der Waals surface area contributed by atoms with Gasteiger partial charge >= 0.3 is 0 Å². The topological polar surface area (TPSA) is 72.2 Å². The summed E-state index contributed by atoms with van der Waals surface area (Å²) in [7, 11) is 0. The van der Waals surface area contributed by atoms with E-state index in [1.807, 2.05) is 0 Å². The summed E-state index contributed by atoms with van der Waals surface area (Å²) >= 11 is 0. The molecule has 1 aliphatic rings. The SMILES string of the molecule is Nc1ccccc1C(=O)c1ccc2c(c1)CC(=O)N2. The maximum Gasteiger partial charge on any atom is 0.228 e. The second-order valence-corrected chi connectivity index (χ2v) is 4.51. The molecule has 0 aromatic heterocycles. The molecule has 0 saturated carbocycles. The molecule has 1 amide bonds. The van der Waals surface area contributed by atoms with Gasteiger partial charge in [0.15, 0.2) is 5.78 Å². The zero-order valence-electron chi connectivity index (χ0n) is 10.1. The Balaban J connectivity index is 2.00.